The van der Waals surface area contributed by atoms with E-state index in [4.69, 9.17) is 0 Å². The molecule has 0 aliphatic carbocycles. The Balaban J connectivity index is 2.22. The van der Waals surface area contributed by atoms with Gasteiger partial charge in [0.15, 0.2) is 0 Å². The second kappa shape index (κ2) is 4.52. The van der Waals surface area contributed by atoms with Crippen LogP contribution in [0.5, 0.6) is 0 Å². The van der Waals surface area contributed by atoms with E-state index in [1.807, 2.05) is 54.1 Å². The summed E-state index contributed by atoms with van der Waals surface area (Å²) in [5.74, 6) is 0. The van der Waals surface area contributed by atoms with Crippen molar-refractivity contribution in [2.75, 3.05) is 0 Å². The number of hydrogen-bond donors (Lipinski definition) is 1. The van der Waals surface area contributed by atoms with Crippen LogP contribution in [0, 0.1) is 6.92 Å². The van der Waals surface area contributed by atoms with E-state index in [-0.39, 0.29) is 0 Å². The van der Waals surface area contributed by atoms with E-state index in [2.05, 4.69) is 4.98 Å². The molecule has 1 unspecified atom stereocenters. The molecule has 0 fully saturated rings. The van der Waals surface area contributed by atoms with Crippen molar-refractivity contribution in [1.29, 1.82) is 0 Å². The summed E-state index contributed by atoms with van der Waals surface area (Å²) in [5, 5.41) is 15.5. The number of rotatable bonds is 2. The highest BCUT2D eigenvalue weighted by atomic mass is 32.1. The summed E-state index contributed by atoms with van der Waals surface area (Å²) in [4.78, 5) is 4.49. The van der Waals surface area contributed by atoms with Gasteiger partial charge in [0.2, 0.25) is 0 Å². The quantitative estimate of drug-likeness (QED) is 0.757. The molecule has 90 valence electrons. The molecule has 0 radical (unpaired) electrons. The first-order valence-corrected chi connectivity index (χ1v) is 6.76. The van der Waals surface area contributed by atoms with Gasteiger partial charge in [-0.2, -0.15) is 11.3 Å². The van der Waals surface area contributed by atoms with Crippen LogP contribution in [-0.2, 0) is 0 Å². The smallest absolute Gasteiger partial charge is 0.106 e. The molecule has 1 aromatic carbocycles. The van der Waals surface area contributed by atoms with E-state index in [0.29, 0.717) is 0 Å². The zero-order valence-electron chi connectivity index (χ0n) is 10.00. The van der Waals surface area contributed by atoms with E-state index in [9.17, 15) is 5.11 Å². The van der Waals surface area contributed by atoms with Gasteiger partial charge in [-0.15, -0.1) is 0 Å². The number of aromatic nitrogens is 1. The molecule has 3 rings (SSSR count). The Hall–Kier alpha value is -1.71. The maximum Gasteiger partial charge on any atom is 0.106 e. The molecule has 0 aliphatic rings. The van der Waals surface area contributed by atoms with Gasteiger partial charge < -0.3 is 5.11 Å². The second-order valence-corrected chi connectivity index (χ2v) is 5.11. The highest BCUT2D eigenvalue weighted by Gasteiger charge is 2.14. The third kappa shape index (κ3) is 1.92. The molecular weight excluding hydrogens is 242 g/mol. The molecule has 0 aliphatic heterocycles. The number of fused-ring (bicyclic) bond motifs is 1. The molecule has 18 heavy (non-hydrogen) atoms. The van der Waals surface area contributed by atoms with Crippen LogP contribution in [0.1, 0.15) is 22.9 Å². The average molecular weight is 255 g/mol. The number of hydrogen-bond acceptors (Lipinski definition) is 3. The lowest BCUT2D eigenvalue weighted by molar-refractivity contribution is 0.222. The highest BCUT2D eigenvalue weighted by molar-refractivity contribution is 7.08. The van der Waals surface area contributed by atoms with Crippen LogP contribution in [0.2, 0.25) is 0 Å². The third-order valence-corrected chi connectivity index (χ3v) is 3.73. The van der Waals surface area contributed by atoms with Crippen LogP contribution >= 0.6 is 11.3 Å². The molecule has 1 atom stereocenters. The van der Waals surface area contributed by atoms with Crippen molar-refractivity contribution >= 4 is 22.2 Å². The van der Waals surface area contributed by atoms with Gasteiger partial charge in [-0.25, -0.2) is 0 Å². The minimum Gasteiger partial charge on any atom is -0.384 e. The van der Waals surface area contributed by atoms with Gasteiger partial charge in [0.25, 0.3) is 0 Å². The van der Waals surface area contributed by atoms with E-state index >= 15 is 0 Å². The molecule has 1 N–H and O–H groups in total. The van der Waals surface area contributed by atoms with Crippen LogP contribution in [-0.4, -0.2) is 10.1 Å². The fraction of sp³-hybridized carbons (Fsp3) is 0.133. The van der Waals surface area contributed by atoms with Gasteiger partial charge in [-0.05, 0) is 47.0 Å². The number of benzene rings is 1. The molecule has 0 amide bonds. The molecule has 0 saturated carbocycles. The molecule has 2 nitrogen and oxygen atoms in total. The normalized spacial score (nSPS) is 12.8. The monoisotopic (exact) mass is 255 g/mol. The fourth-order valence-electron chi connectivity index (χ4n) is 2.18. The summed E-state index contributed by atoms with van der Waals surface area (Å²) < 4.78 is 0. The van der Waals surface area contributed by atoms with E-state index in [1.165, 1.54) is 0 Å². The summed E-state index contributed by atoms with van der Waals surface area (Å²) in [7, 11) is 0. The minimum atomic E-state index is -0.581. The molecule has 0 bridgehead atoms. The Bertz CT molecular complexity index is 676. The Morgan fingerprint density at radius 2 is 2.06 bits per heavy atom. The van der Waals surface area contributed by atoms with Crippen molar-refractivity contribution in [3.8, 4) is 0 Å². The van der Waals surface area contributed by atoms with E-state index in [1.54, 1.807) is 11.3 Å². The van der Waals surface area contributed by atoms with Crippen LogP contribution < -0.4 is 0 Å². The van der Waals surface area contributed by atoms with Gasteiger partial charge in [-0.1, -0.05) is 18.2 Å². The zero-order valence-corrected chi connectivity index (χ0v) is 10.8. The lowest BCUT2D eigenvalue weighted by atomic mass is 9.99. The predicted molar refractivity (Wildman–Crippen MR) is 74.9 cm³/mol. The summed E-state index contributed by atoms with van der Waals surface area (Å²) in [6.45, 7) is 1.95. The standard InChI is InChI=1S/C15H13NOS/c1-10-8-13(15(17)11-6-7-18-9-11)12-4-2-3-5-14(12)16-10/h2-9,15,17H,1H3. The van der Waals surface area contributed by atoms with Crippen LogP contribution in [0.4, 0.5) is 0 Å². The summed E-state index contributed by atoms with van der Waals surface area (Å²) in [6.07, 6.45) is -0.581. The summed E-state index contributed by atoms with van der Waals surface area (Å²) in [6, 6.07) is 11.8. The topological polar surface area (TPSA) is 33.1 Å². The van der Waals surface area contributed by atoms with Gasteiger partial charge in [0.05, 0.1) is 5.52 Å². The summed E-state index contributed by atoms with van der Waals surface area (Å²) >= 11 is 1.60. The van der Waals surface area contributed by atoms with Gasteiger partial charge >= 0.3 is 0 Å². The number of aliphatic hydroxyl groups is 1. The predicted octanol–water partition coefficient (Wildman–Crippen LogP) is 3.69. The van der Waals surface area contributed by atoms with Crippen molar-refractivity contribution in [2.24, 2.45) is 0 Å². The molecule has 2 aromatic heterocycles. The number of thiophene rings is 1. The van der Waals surface area contributed by atoms with E-state index in [0.717, 1.165) is 27.7 Å². The number of nitrogens with zero attached hydrogens (tertiary/aromatic N) is 1. The summed E-state index contributed by atoms with van der Waals surface area (Å²) in [5.41, 5.74) is 3.73. The molecular formula is C15H13NOS. The van der Waals surface area contributed by atoms with Crippen molar-refractivity contribution in [3.05, 3.63) is 64.0 Å². The molecule has 2 heterocycles. The largest absolute Gasteiger partial charge is 0.384 e. The number of pyridine rings is 1. The lowest BCUT2D eigenvalue weighted by Crippen LogP contribution is -2.01. The fourth-order valence-corrected chi connectivity index (χ4v) is 2.86. The van der Waals surface area contributed by atoms with Crippen LogP contribution in [0.25, 0.3) is 10.9 Å². The van der Waals surface area contributed by atoms with E-state index < -0.39 is 6.10 Å². The zero-order chi connectivity index (χ0) is 12.5. The maximum atomic E-state index is 10.5. The second-order valence-electron chi connectivity index (χ2n) is 4.33. The molecule has 3 aromatic rings. The molecule has 0 spiro atoms. The molecule has 0 saturated heterocycles. The maximum absolute atomic E-state index is 10.5. The first-order valence-electron chi connectivity index (χ1n) is 5.82. The minimum absolute atomic E-state index is 0.581. The Labute approximate surface area is 110 Å². The SMILES string of the molecule is Cc1cc(C(O)c2ccsc2)c2ccccc2n1. The Morgan fingerprint density at radius 1 is 1.22 bits per heavy atom. The van der Waals surface area contributed by atoms with Gasteiger partial charge in [0, 0.05) is 11.1 Å². The average Bonchev–Trinajstić information content (AvgIpc) is 2.90. The van der Waals surface area contributed by atoms with Crippen molar-refractivity contribution < 1.29 is 5.11 Å². The van der Waals surface area contributed by atoms with Crippen molar-refractivity contribution in [3.63, 3.8) is 0 Å². The van der Waals surface area contributed by atoms with Crippen LogP contribution in [0.15, 0.2) is 47.2 Å². The van der Waals surface area contributed by atoms with Gasteiger partial charge in [0.1, 0.15) is 6.10 Å². The van der Waals surface area contributed by atoms with Gasteiger partial charge in [-0.3, -0.25) is 4.98 Å². The first-order chi connectivity index (χ1) is 8.75. The Kier molecular flexibility index (Phi) is 2.86. The van der Waals surface area contributed by atoms with Crippen molar-refractivity contribution in [1.82, 2.24) is 4.98 Å². The molecule has 3 heteroatoms. The lowest BCUT2D eigenvalue weighted by Gasteiger charge is -2.13. The van der Waals surface area contributed by atoms with Crippen LogP contribution in [0.3, 0.4) is 0 Å². The third-order valence-electron chi connectivity index (χ3n) is 3.03. The van der Waals surface area contributed by atoms with Crippen molar-refractivity contribution in [2.45, 2.75) is 13.0 Å². The highest BCUT2D eigenvalue weighted by Crippen LogP contribution is 2.29. The Morgan fingerprint density at radius 3 is 2.83 bits per heavy atom. The first kappa shape index (κ1) is 11.4. The number of para-hydroxylation sites is 1. The number of aliphatic hydroxyl groups excluding tert-OH is 1. The number of aryl methyl sites for hydroxylation is 1.